The number of carbonyl (C=O) groups excluding carboxylic acids is 1. The van der Waals surface area contributed by atoms with Gasteiger partial charge in [-0.25, -0.2) is 0 Å². The summed E-state index contributed by atoms with van der Waals surface area (Å²) in [7, 11) is 0. The van der Waals surface area contributed by atoms with Crippen LogP contribution in [0.3, 0.4) is 0 Å². The molecule has 1 amide bonds. The summed E-state index contributed by atoms with van der Waals surface area (Å²) in [6.07, 6.45) is 2.71. The van der Waals surface area contributed by atoms with Crippen molar-refractivity contribution in [3.8, 4) is 5.75 Å². The highest BCUT2D eigenvalue weighted by Gasteiger charge is 2.01. The minimum Gasteiger partial charge on any atom is -0.377 e. The number of hydroxylamine groups is 2. The molecule has 0 radical (unpaired) electrons. The molecule has 14 heavy (non-hydrogen) atoms. The van der Waals surface area contributed by atoms with Crippen LogP contribution in [0.5, 0.6) is 5.75 Å². The van der Waals surface area contributed by atoms with Crippen LogP contribution in [0.4, 0.5) is 0 Å². The number of benzene rings is 1. The predicted octanol–water partition coefficient (Wildman–Crippen LogP) is 2.24. The zero-order chi connectivity index (χ0) is 10.2. The average molecular weight is 193 g/mol. The molecule has 0 bridgehead atoms. The molecule has 0 saturated carbocycles. The van der Waals surface area contributed by atoms with Crippen molar-refractivity contribution in [2.24, 2.45) is 0 Å². The Morgan fingerprint density at radius 1 is 1.36 bits per heavy atom. The Kier molecular flexibility index (Phi) is 4.55. The molecule has 3 nitrogen and oxygen atoms in total. The van der Waals surface area contributed by atoms with E-state index in [0.717, 1.165) is 12.8 Å². The normalized spacial score (nSPS) is 9.50. The number of carbonyl (C=O) groups is 1. The first-order chi connectivity index (χ1) is 6.86. The highest BCUT2D eigenvalue weighted by atomic mass is 16.7. The summed E-state index contributed by atoms with van der Waals surface area (Å²) in [6, 6.07) is 9.30. The van der Waals surface area contributed by atoms with Crippen LogP contribution in [0, 0.1) is 0 Å². The minimum atomic E-state index is 0.634. The van der Waals surface area contributed by atoms with E-state index in [2.05, 4.69) is 6.92 Å². The molecule has 0 aliphatic rings. The summed E-state index contributed by atoms with van der Waals surface area (Å²) in [5.74, 6) is 0.690. The zero-order valence-electron chi connectivity index (χ0n) is 8.35. The van der Waals surface area contributed by atoms with Crippen molar-refractivity contribution in [1.29, 1.82) is 0 Å². The molecule has 1 aromatic rings. The van der Waals surface area contributed by atoms with Crippen LogP contribution in [0.15, 0.2) is 30.3 Å². The molecule has 0 aliphatic carbocycles. The van der Waals surface area contributed by atoms with E-state index in [1.54, 1.807) is 0 Å². The molecule has 0 saturated heterocycles. The maximum atomic E-state index is 10.6. The predicted molar refractivity (Wildman–Crippen MR) is 54.7 cm³/mol. The Bertz CT molecular complexity index is 261. The first-order valence-corrected chi connectivity index (χ1v) is 4.81. The molecular formula is C11H15NO2. The third-order valence-corrected chi connectivity index (χ3v) is 1.82. The van der Waals surface area contributed by atoms with Gasteiger partial charge >= 0.3 is 0 Å². The zero-order valence-corrected chi connectivity index (χ0v) is 8.35. The summed E-state index contributed by atoms with van der Waals surface area (Å²) in [6.45, 7) is 2.71. The van der Waals surface area contributed by atoms with Gasteiger partial charge in [-0.1, -0.05) is 31.5 Å². The molecule has 0 unspecified atom stereocenters. The van der Waals surface area contributed by atoms with E-state index in [0.29, 0.717) is 18.7 Å². The van der Waals surface area contributed by atoms with Crippen LogP contribution in [-0.2, 0) is 4.79 Å². The fourth-order valence-electron chi connectivity index (χ4n) is 1.05. The molecule has 0 aliphatic heterocycles. The van der Waals surface area contributed by atoms with Crippen LogP contribution < -0.4 is 4.84 Å². The lowest BCUT2D eigenvalue weighted by Gasteiger charge is -2.16. The molecule has 0 aromatic heterocycles. The minimum absolute atomic E-state index is 0.634. The maximum Gasteiger partial charge on any atom is 0.242 e. The van der Waals surface area contributed by atoms with Crippen LogP contribution in [0.2, 0.25) is 0 Å². The van der Waals surface area contributed by atoms with Gasteiger partial charge in [0.1, 0.15) is 0 Å². The second kappa shape index (κ2) is 6.02. The van der Waals surface area contributed by atoms with E-state index in [-0.39, 0.29) is 0 Å². The number of para-hydroxylation sites is 1. The second-order valence-electron chi connectivity index (χ2n) is 3.00. The summed E-state index contributed by atoms with van der Waals surface area (Å²) < 4.78 is 0. The summed E-state index contributed by atoms with van der Waals surface area (Å²) >= 11 is 0. The molecular weight excluding hydrogens is 178 g/mol. The Hall–Kier alpha value is -1.51. The summed E-state index contributed by atoms with van der Waals surface area (Å²) in [5.41, 5.74) is 0. The van der Waals surface area contributed by atoms with Crippen molar-refractivity contribution in [2.75, 3.05) is 6.54 Å². The lowest BCUT2D eigenvalue weighted by Crippen LogP contribution is -2.26. The van der Waals surface area contributed by atoms with Gasteiger partial charge in [0.05, 0.1) is 6.54 Å². The quantitative estimate of drug-likeness (QED) is 0.512. The standard InChI is InChI=1S/C11H15NO2/c1-2-3-9-12(10-13)14-11-7-5-4-6-8-11/h4-8,10H,2-3,9H2,1H3. The Morgan fingerprint density at radius 2 is 2.07 bits per heavy atom. The third kappa shape index (κ3) is 3.47. The van der Waals surface area contributed by atoms with Crippen molar-refractivity contribution in [2.45, 2.75) is 19.8 Å². The van der Waals surface area contributed by atoms with E-state index >= 15 is 0 Å². The lowest BCUT2D eigenvalue weighted by atomic mass is 10.3. The third-order valence-electron chi connectivity index (χ3n) is 1.82. The fourth-order valence-corrected chi connectivity index (χ4v) is 1.05. The van der Waals surface area contributed by atoms with E-state index in [1.807, 2.05) is 30.3 Å². The maximum absolute atomic E-state index is 10.6. The van der Waals surface area contributed by atoms with Crippen molar-refractivity contribution in [3.05, 3.63) is 30.3 Å². The molecule has 76 valence electrons. The highest BCUT2D eigenvalue weighted by Crippen LogP contribution is 2.09. The molecule has 1 rings (SSSR count). The molecule has 0 atom stereocenters. The van der Waals surface area contributed by atoms with Crippen molar-refractivity contribution >= 4 is 6.41 Å². The Balaban J connectivity index is 2.44. The first-order valence-electron chi connectivity index (χ1n) is 4.81. The van der Waals surface area contributed by atoms with E-state index in [9.17, 15) is 4.79 Å². The molecule has 0 N–H and O–H groups in total. The highest BCUT2D eigenvalue weighted by molar-refractivity contribution is 5.45. The van der Waals surface area contributed by atoms with Crippen molar-refractivity contribution in [3.63, 3.8) is 0 Å². The number of unbranched alkanes of at least 4 members (excludes halogenated alkanes) is 1. The SMILES string of the molecule is CCCCN(C=O)Oc1ccccc1. The van der Waals surface area contributed by atoms with Crippen LogP contribution >= 0.6 is 0 Å². The second-order valence-corrected chi connectivity index (χ2v) is 3.00. The number of amides is 1. The number of hydrogen-bond donors (Lipinski definition) is 0. The Labute approximate surface area is 84.2 Å². The van der Waals surface area contributed by atoms with Crippen molar-refractivity contribution < 1.29 is 9.63 Å². The van der Waals surface area contributed by atoms with Crippen LogP contribution in [-0.4, -0.2) is 18.0 Å². The van der Waals surface area contributed by atoms with E-state index in [4.69, 9.17) is 4.84 Å². The van der Waals surface area contributed by atoms with Gasteiger partial charge in [0.25, 0.3) is 0 Å². The largest absolute Gasteiger partial charge is 0.377 e. The van der Waals surface area contributed by atoms with Gasteiger partial charge in [0.2, 0.25) is 6.41 Å². The summed E-state index contributed by atoms with van der Waals surface area (Å²) in [5, 5.41) is 1.32. The number of hydrogen-bond acceptors (Lipinski definition) is 2. The summed E-state index contributed by atoms with van der Waals surface area (Å²) in [4.78, 5) is 15.9. The van der Waals surface area contributed by atoms with Gasteiger partial charge in [-0.05, 0) is 18.6 Å². The molecule has 0 heterocycles. The lowest BCUT2D eigenvalue weighted by molar-refractivity contribution is -0.142. The molecule has 0 fully saturated rings. The van der Waals surface area contributed by atoms with Gasteiger partial charge in [-0.15, -0.1) is 0 Å². The Morgan fingerprint density at radius 3 is 2.64 bits per heavy atom. The topological polar surface area (TPSA) is 29.5 Å². The number of rotatable bonds is 6. The van der Waals surface area contributed by atoms with Gasteiger partial charge in [0.15, 0.2) is 5.75 Å². The molecule has 3 heteroatoms. The monoisotopic (exact) mass is 193 g/mol. The first kappa shape index (κ1) is 10.6. The van der Waals surface area contributed by atoms with E-state index in [1.165, 1.54) is 5.06 Å². The smallest absolute Gasteiger partial charge is 0.242 e. The van der Waals surface area contributed by atoms with E-state index < -0.39 is 0 Å². The van der Waals surface area contributed by atoms with Crippen LogP contribution in [0.1, 0.15) is 19.8 Å². The average Bonchev–Trinajstić information content (AvgIpc) is 2.25. The molecule has 1 aromatic carbocycles. The fraction of sp³-hybridized carbons (Fsp3) is 0.364. The number of nitrogens with zero attached hydrogens (tertiary/aromatic N) is 1. The van der Waals surface area contributed by atoms with Crippen molar-refractivity contribution in [1.82, 2.24) is 5.06 Å². The van der Waals surface area contributed by atoms with Gasteiger partial charge < -0.3 is 4.84 Å². The molecule has 0 spiro atoms. The van der Waals surface area contributed by atoms with Gasteiger partial charge in [-0.2, -0.15) is 5.06 Å². The van der Waals surface area contributed by atoms with Gasteiger partial charge in [0, 0.05) is 0 Å². The van der Waals surface area contributed by atoms with Crippen LogP contribution in [0.25, 0.3) is 0 Å². The van der Waals surface area contributed by atoms with Gasteiger partial charge in [-0.3, -0.25) is 4.79 Å².